The number of amides is 1. The van der Waals surface area contributed by atoms with E-state index < -0.39 is 0 Å². The average molecular weight is 475 g/mol. The Morgan fingerprint density at radius 1 is 1.12 bits per heavy atom. The van der Waals surface area contributed by atoms with Crippen molar-refractivity contribution in [3.63, 3.8) is 0 Å². The van der Waals surface area contributed by atoms with Gasteiger partial charge in [0.25, 0.3) is 5.91 Å². The van der Waals surface area contributed by atoms with Gasteiger partial charge in [-0.1, -0.05) is 30.2 Å². The minimum Gasteiger partial charge on any atom is -0.371 e. The molecule has 3 saturated carbocycles. The highest BCUT2D eigenvalue weighted by atomic mass is 35.5. The summed E-state index contributed by atoms with van der Waals surface area (Å²) in [7, 11) is 0. The first kappa shape index (κ1) is 20.8. The van der Waals surface area contributed by atoms with Crippen LogP contribution in [0.4, 0.5) is 5.69 Å². The second kappa shape index (κ2) is 7.48. The van der Waals surface area contributed by atoms with E-state index in [1.807, 2.05) is 16.8 Å². The quantitative estimate of drug-likeness (QED) is 0.507. The highest BCUT2D eigenvalue weighted by molar-refractivity contribution is 6.36. The predicted octanol–water partition coefficient (Wildman–Crippen LogP) is 5.82. The summed E-state index contributed by atoms with van der Waals surface area (Å²) in [6.45, 7) is 4.53. The molecule has 4 aliphatic rings. The van der Waals surface area contributed by atoms with Gasteiger partial charge in [-0.05, 0) is 86.1 Å². The zero-order chi connectivity index (χ0) is 23.0. The molecule has 1 aromatic heterocycles. The van der Waals surface area contributed by atoms with Crippen LogP contribution in [0.5, 0.6) is 0 Å². The number of carbonyl (C=O) groups excluding carboxylic acids is 1. The maximum absolute atomic E-state index is 13.3. The van der Waals surface area contributed by atoms with E-state index in [1.54, 1.807) is 6.20 Å². The Bertz CT molecular complexity index is 1260. The number of anilines is 1. The van der Waals surface area contributed by atoms with Crippen molar-refractivity contribution in [3.05, 3.63) is 58.7 Å². The minimum atomic E-state index is -0.0160. The van der Waals surface area contributed by atoms with Crippen LogP contribution in [0.15, 0.2) is 42.6 Å². The lowest BCUT2D eigenvalue weighted by Crippen LogP contribution is -2.53. The van der Waals surface area contributed by atoms with Gasteiger partial charge in [0.05, 0.1) is 28.3 Å². The van der Waals surface area contributed by atoms with Crippen molar-refractivity contribution in [2.45, 2.75) is 57.5 Å². The zero-order valence-electron chi connectivity index (χ0n) is 19.6. The van der Waals surface area contributed by atoms with E-state index in [-0.39, 0.29) is 18.0 Å². The number of aromatic nitrogens is 2. The smallest absolute Gasteiger partial charge is 0.253 e. The molecule has 1 amide bonds. The summed E-state index contributed by atoms with van der Waals surface area (Å²) in [4.78, 5) is 15.8. The zero-order valence-corrected chi connectivity index (χ0v) is 20.4. The molecule has 5 nitrogen and oxygen atoms in total. The van der Waals surface area contributed by atoms with Crippen molar-refractivity contribution >= 4 is 34.1 Å². The second-order valence-electron chi connectivity index (χ2n) is 11.3. The van der Waals surface area contributed by atoms with E-state index in [4.69, 9.17) is 16.7 Å². The third-order valence-electron chi connectivity index (χ3n) is 9.14. The number of rotatable bonds is 5. The van der Waals surface area contributed by atoms with Gasteiger partial charge in [0.2, 0.25) is 0 Å². The monoisotopic (exact) mass is 474 g/mol. The molecule has 1 spiro atoms. The van der Waals surface area contributed by atoms with Gasteiger partial charge in [-0.25, -0.2) is 0 Å². The van der Waals surface area contributed by atoms with Crippen molar-refractivity contribution < 1.29 is 4.79 Å². The van der Waals surface area contributed by atoms with Crippen molar-refractivity contribution in [2.24, 2.45) is 17.3 Å². The normalized spacial score (nSPS) is 25.6. The van der Waals surface area contributed by atoms with Crippen LogP contribution in [-0.2, 0) is 0 Å². The standard InChI is InChI=1S/C28H31ClN4O/c1-17(18-3-5-22(6-4-18)32-15-19-11-20(19)16-32)33-26-23(7-8-25(29)24(26)14-30-33)27(34)31-21-12-28(13-21)9-2-10-28/h3-8,14,17,19-21H,2,9-13,15-16H2,1H3,(H,31,34)/t17-,19-,20+/m0/s1. The molecule has 6 heteroatoms. The molecular formula is C28H31ClN4O. The molecule has 3 atom stereocenters. The number of nitrogens with zero attached hydrogens (tertiary/aromatic N) is 3. The van der Waals surface area contributed by atoms with Crippen molar-refractivity contribution in [1.29, 1.82) is 0 Å². The lowest BCUT2D eigenvalue weighted by Gasteiger charge is -2.54. The van der Waals surface area contributed by atoms with Crippen LogP contribution in [-0.4, -0.2) is 34.8 Å². The molecule has 4 fully saturated rings. The molecular weight excluding hydrogens is 444 g/mol. The summed E-state index contributed by atoms with van der Waals surface area (Å²) in [5, 5.41) is 9.43. The van der Waals surface area contributed by atoms with Crippen molar-refractivity contribution in [1.82, 2.24) is 15.1 Å². The number of fused-ring (bicyclic) bond motifs is 2. The Balaban J connectivity index is 1.15. The number of halogens is 1. The van der Waals surface area contributed by atoms with Crippen LogP contribution in [0, 0.1) is 17.3 Å². The molecule has 2 heterocycles. The van der Waals surface area contributed by atoms with E-state index in [0.29, 0.717) is 16.0 Å². The molecule has 0 radical (unpaired) electrons. The number of piperidine rings is 1. The molecule has 176 valence electrons. The van der Waals surface area contributed by atoms with E-state index >= 15 is 0 Å². The van der Waals surface area contributed by atoms with Crippen molar-refractivity contribution in [2.75, 3.05) is 18.0 Å². The summed E-state index contributed by atoms with van der Waals surface area (Å²) in [5.74, 6) is 1.82. The molecule has 0 bridgehead atoms. The van der Waals surface area contributed by atoms with Gasteiger partial charge in [0, 0.05) is 30.2 Å². The van der Waals surface area contributed by atoms with Gasteiger partial charge < -0.3 is 10.2 Å². The van der Waals surface area contributed by atoms with E-state index in [0.717, 1.165) is 35.6 Å². The number of benzene rings is 2. The van der Waals surface area contributed by atoms with E-state index in [2.05, 4.69) is 41.4 Å². The molecule has 0 unspecified atom stereocenters. The fourth-order valence-electron chi connectivity index (χ4n) is 6.76. The van der Waals surface area contributed by atoms with Crippen LogP contribution >= 0.6 is 11.6 Å². The Morgan fingerprint density at radius 2 is 1.85 bits per heavy atom. The molecule has 34 heavy (non-hydrogen) atoms. The van der Waals surface area contributed by atoms with Gasteiger partial charge in [-0.2, -0.15) is 5.10 Å². The fraction of sp³-hybridized carbons (Fsp3) is 0.500. The summed E-state index contributed by atoms with van der Waals surface area (Å²) in [6.07, 6.45) is 9.45. The minimum absolute atomic E-state index is 0.00880. The lowest BCUT2D eigenvalue weighted by atomic mass is 9.54. The van der Waals surface area contributed by atoms with Gasteiger partial charge >= 0.3 is 0 Å². The van der Waals surface area contributed by atoms with Gasteiger partial charge in [-0.15, -0.1) is 0 Å². The highest BCUT2D eigenvalue weighted by Gasteiger charge is 2.48. The molecule has 2 aromatic carbocycles. The van der Waals surface area contributed by atoms with E-state index in [1.165, 1.54) is 50.0 Å². The average Bonchev–Trinajstić information content (AvgIpc) is 3.18. The van der Waals surface area contributed by atoms with E-state index in [9.17, 15) is 4.79 Å². The first-order valence-electron chi connectivity index (χ1n) is 12.8. The first-order valence-corrected chi connectivity index (χ1v) is 13.2. The Labute approximate surface area is 205 Å². The fourth-order valence-corrected chi connectivity index (χ4v) is 6.96. The number of nitrogens with one attached hydrogen (secondary N) is 1. The number of hydrogen-bond donors (Lipinski definition) is 1. The summed E-state index contributed by atoms with van der Waals surface area (Å²) >= 11 is 6.52. The molecule has 3 aliphatic carbocycles. The van der Waals surface area contributed by atoms with Crippen molar-refractivity contribution in [3.8, 4) is 0 Å². The molecule has 1 saturated heterocycles. The number of carbonyl (C=O) groups is 1. The predicted molar refractivity (Wildman–Crippen MR) is 136 cm³/mol. The summed E-state index contributed by atoms with van der Waals surface area (Å²) in [5.41, 5.74) is 4.49. The van der Waals surface area contributed by atoms with Crippen LogP contribution in [0.1, 0.15) is 67.4 Å². The third kappa shape index (κ3) is 3.27. The third-order valence-corrected chi connectivity index (χ3v) is 9.47. The lowest BCUT2D eigenvalue weighted by molar-refractivity contribution is -0.000604. The maximum atomic E-state index is 13.3. The number of hydrogen-bond acceptors (Lipinski definition) is 3. The van der Waals surface area contributed by atoms with Crippen LogP contribution in [0.2, 0.25) is 5.02 Å². The molecule has 1 aliphatic heterocycles. The first-order chi connectivity index (χ1) is 16.5. The van der Waals surface area contributed by atoms with Gasteiger partial charge in [-0.3, -0.25) is 9.48 Å². The SMILES string of the molecule is C[C@@H](c1ccc(N2C[C@H]3C[C@H]3C2)cc1)n1ncc2c(Cl)ccc(C(=O)NC3CC4(CCC4)C3)c21. The molecule has 7 rings (SSSR count). The largest absolute Gasteiger partial charge is 0.371 e. The topological polar surface area (TPSA) is 50.2 Å². The summed E-state index contributed by atoms with van der Waals surface area (Å²) < 4.78 is 1.96. The Hall–Kier alpha value is -2.53. The Kier molecular flexibility index (Phi) is 4.58. The molecule has 1 N–H and O–H groups in total. The van der Waals surface area contributed by atoms with Crippen LogP contribution in [0.25, 0.3) is 10.9 Å². The maximum Gasteiger partial charge on any atom is 0.253 e. The second-order valence-corrected chi connectivity index (χ2v) is 11.7. The van der Waals surface area contributed by atoms with Crippen LogP contribution < -0.4 is 10.2 Å². The summed E-state index contributed by atoms with van der Waals surface area (Å²) in [6, 6.07) is 12.8. The molecule has 3 aromatic rings. The van der Waals surface area contributed by atoms with Gasteiger partial charge in [0.15, 0.2) is 0 Å². The van der Waals surface area contributed by atoms with Crippen LogP contribution in [0.3, 0.4) is 0 Å². The van der Waals surface area contributed by atoms with Gasteiger partial charge in [0.1, 0.15) is 0 Å². The highest BCUT2D eigenvalue weighted by Crippen LogP contribution is 2.55. The Morgan fingerprint density at radius 3 is 2.53 bits per heavy atom.